The second-order valence-corrected chi connectivity index (χ2v) is 3.79. The smallest absolute Gasteiger partial charge is 0.227 e. The highest BCUT2D eigenvalue weighted by Crippen LogP contribution is 2.26. The van der Waals surface area contributed by atoms with Crippen LogP contribution in [0.4, 0.5) is 5.82 Å². The average Bonchev–Trinajstić information content (AvgIpc) is 2.35. The van der Waals surface area contributed by atoms with Gasteiger partial charge in [0.2, 0.25) is 5.88 Å². The van der Waals surface area contributed by atoms with E-state index in [2.05, 4.69) is 15.4 Å². The van der Waals surface area contributed by atoms with Crippen LogP contribution in [0.25, 0.3) is 0 Å². The van der Waals surface area contributed by atoms with E-state index >= 15 is 0 Å². The van der Waals surface area contributed by atoms with Crippen molar-refractivity contribution in [2.75, 3.05) is 5.43 Å². The molecule has 1 aromatic carbocycles. The van der Waals surface area contributed by atoms with Crippen molar-refractivity contribution >= 4 is 17.4 Å². The lowest BCUT2D eigenvalue weighted by atomic mass is 10.3. The van der Waals surface area contributed by atoms with Crippen LogP contribution >= 0.6 is 11.6 Å². The van der Waals surface area contributed by atoms with Crippen LogP contribution in [0.5, 0.6) is 11.6 Å². The molecule has 0 aliphatic heterocycles. The molecule has 17 heavy (non-hydrogen) atoms. The van der Waals surface area contributed by atoms with E-state index in [1.54, 1.807) is 24.3 Å². The third-order valence-corrected chi connectivity index (χ3v) is 2.45. The van der Waals surface area contributed by atoms with Crippen LogP contribution in [-0.2, 0) is 0 Å². The molecule has 3 N–H and O–H groups in total. The number of anilines is 1. The summed E-state index contributed by atoms with van der Waals surface area (Å²) in [6.07, 6.45) is 1.38. The van der Waals surface area contributed by atoms with Crippen molar-refractivity contribution in [3.63, 3.8) is 0 Å². The minimum absolute atomic E-state index is 0.454. The van der Waals surface area contributed by atoms with Crippen LogP contribution in [0.1, 0.15) is 5.56 Å². The lowest BCUT2D eigenvalue weighted by Gasteiger charge is -2.09. The zero-order chi connectivity index (χ0) is 12.3. The minimum Gasteiger partial charge on any atom is -0.439 e. The highest BCUT2D eigenvalue weighted by molar-refractivity contribution is 6.30. The minimum atomic E-state index is 0.454. The maximum absolute atomic E-state index is 5.79. The molecule has 0 fully saturated rings. The number of benzene rings is 1. The largest absolute Gasteiger partial charge is 0.439 e. The van der Waals surface area contributed by atoms with Crippen LogP contribution in [0, 0.1) is 6.92 Å². The van der Waals surface area contributed by atoms with Crippen LogP contribution in [-0.4, -0.2) is 9.97 Å². The van der Waals surface area contributed by atoms with Gasteiger partial charge in [0.05, 0.1) is 5.56 Å². The molecule has 0 bridgehead atoms. The summed E-state index contributed by atoms with van der Waals surface area (Å²) in [5, 5.41) is 0.654. The van der Waals surface area contributed by atoms with E-state index in [9.17, 15) is 0 Å². The van der Waals surface area contributed by atoms with E-state index in [1.807, 2.05) is 6.92 Å². The number of nitrogens with one attached hydrogen (secondary N) is 1. The molecule has 0 aliphatic carbocycles. The average molecular weight is 251 g/mol. The number of aromatic nitrogens is 2. The summed E-state index contributed by atoms with van der Waals surface area (Å²) < 4.78 is 5.60. The molecule has 0 atom stereocenters. The van der Waals surface area contributed by atoms with Gasteiger partial charge in [-0.3, -0.25) is 0 Å². The Morgan fingerprint density at radius 3 is 2.59 bits per heavy atom. The Labute approximate surface area is 104 Å². The fraction of sp³-hybridized carbons (Fsp3) is 0.0909. The van der Waals surface area contributed by atoms with Gasteiger partial charge in [-0.15, -0.1) is 0 Å². The van der Waals surface area contributed by atoms with E-state index < -0.39 is 0 Å². The number of hydrogen-bond donors (Lipinski definition) is 2. The summed E-state index contributed by atoms with van der Waals surface area (Å²) in [7, 11) is 0. The molecule has 0 amide bonds. The predicted octanol–water partition coefficient (Wildman–Crippen LogP) is 2.52. The molecule has 0 unspecified atom stereocenters. The van der Waals surface area contributed by atoms with Gasteiger partial charge >= 0.3 is 0 Å². The molecule has 0 saturated heterocycles. The number of hydrazine groups is 1. The summed E-state index contributed by atoms with van der Waals surface area (Å²) >= 11 is 5.79. The van der Waals surface area contributed by atoms with Crippen molar-refractivity contribution in [3.05, 3.63) is 41.2 Å². The number of halogens is 1. The summed E-state index contributed by atoms with van der Waals surface area (Å²) in [5.74, 6) is 6.96. The number of hydrogen-bond acceptors (Lipinski definition) is 5. The number of rotatable bonds is 3. The summed E-state index contributed by atoms with van der Waals surface area (Å²) in [5.41, 5.74) is 3.22. The van der Waals surface area contributed by atoms with Gasteiger partial charge in [0.25, 0.3) is 0 Å². The first-order chi connectivity index (χ1) is 8.20. The van der Waals surface area contributed by atoms with E-state index in [-0.39, 0.29) is 0 Å². The Morgan fingerprint density at radius 2 is 1.94 bits per heavy atom. The van der Waals surface area contributed by atoms with Crippen molar-refractivity contribution in [2.45, 2.75) is 6.92 Å². The molecule has 2 rings (SSSR count). The molecule has 5 nitrogen and oxygen atoms in total. The van der Waals surface area contributed by atoms with E-state index in [0.717, 1.165) is 5.56 Å². The molecule has 0 spiro atoms. The van der Waals surface area contributed by atoms with Crippen molar-refractivity contribution in [2.24, 2.45) is 5.84 Å². The summed E-state index contributed by atoms with van der Waals surface area (Å²) in [6.45, 7) is 1.82. The number of ether oxygens (including phenoxy) is 1. The maximum Gasteiger partial charge on any atom is 0.227 e. The molecule has 6 heteroatoms. The van der Waals surface area contributed by atoms with Gasteiger partial charge in [0, 0.05) is 5.02 Å². The van der Waals surface area contributed by atoms with Gasteiger partial charge in [0.1, 0.15) is 17.9 Å². The van der Waals surface area contributed by atoms with Crippen molar-refractivity contribution < 1.29 is 4.74 Å². The first-order valence-electron chi connectivity index (χ1n) is 4.92. The monoisotopic (exact) mass is 250 g/mol. The molecule has 88 valence electrons. The fourth-order valence-electron chi connectivity index (χ4n) is 1.30. The first kappa shape index (κ1) is 11.6. The van der Waals surface area contributed by atoms with E-state index in [4.69, 9.17) is 22.2 Å². The molecular formula is C11H11ClN4O. The first-order valence-corrected chi connectivity index (χ1v) is 5.30. The van der Waals surface area contributed by atoms with Gasteiger partial charge < -0.3 is 10.2 Å². The summed E-state index contributed by atoms with van der Waals surface area (Å²) in [4.78, 5) is 8.01. The van der Waals surface area contributed by atoms with E-state index in [0.29, 0.717) is 22.5 Å². The zero-order valence-corrected chi connectivity index (χ0v) is 9.90. The molecular weight excluding hydrogens is 240 g/mol. The van der Waals surface area contributed by atoms with Crippen LogP contribution in [0.3, 0.4) is 0 Å². The van der Waals surface area contributed by atoms with Gasteiger partial charge in [0.15, 0.2) is 0 Å². The second kappa shape index (κ2) is 4.99. The van der Waals surface area contributed by atoms with Crippen LogP contribution < -0.4 is 16.0 Å². The third-order valence-electron chi connectivity index (χ3n) is 2.20. The zero-order valence-electron chi connectivity index (χ0n) is 9.14. The number of nitrogens with zero attached hydrogens (tertiary/aromatic N) is 2. The molecule has 1 heterocycles. The Kier molecular flexibility index (Phi) is 3.41. The van der Waals surface area contributed by atoms with Gasteiger partial charge in [-0.05, 0) is 31.2 Å². The number of nitrogens with two attached hydrogens (primary N) is 1. The lowest BCUT2D eigenvalue weighted by molar-refractivity contribution is 0.458. The lowest BCUT2D eigenvalue weighted by Crippen LogP contribution is -2.10. The highest BCUT2D eigenvalue weighted by Gasteiger charge is 2.07. The Bertz CT molecular complexity index is 515. The van der Waals surface area contributed by atoms with Crippen molar-refractivity contribution in [3.8, 4) is 11.6 Å². The highest BCUT2D eigenvalue weighted by atomic mass is 35.5. The Hall–Kier alpha value is -1.85. The summed E-state index contributed by atoms with van der Waals surface area (Å²) in [6, 6.07) is 7.02. The molecule has 0 saturated carbocycles. The number of nitrogen functional groups attached to an aromatic ring is 1. The fourth-order valence-corrected chi connectivity index (χ4v) is 1.42. The Balaban J connectivity index is 2.27. The van der Waals surface area contributed by atoms with Crippen LogP contribution in [0.2, 0.25) is 5.02 Å². The third kappa shape index (κ3) is 2.64. The quantitative estimate of drug-likeness (QED) is 0.647. The van der Waals surface area contributed by atoms with E-state index in [1.165, 1.54) is 6.33 Å². The predicted molar refractivity (Wildman–Crippen MR) is 66.1 cm³/mol. The topological polar surface area (TPSA) is 73.1 Å². The second-order valence-electron chi connectivity index (χ2n) is 3.35. The van der Waals surface area contributed by atoms with Gasteiger partial charge in [-0.2, -0.15) is 0 Å². The van der Waals surface area contributed by atoms with Crippen molar-refractivity contribution in [1.82, 2.24) is 9.97 Å². The molecule has 0 radical (unpaired) electrons. The normalized spacial score (nSPS) is 10.1. The molecule has 1 aromatic heterocycles. The maximum atomic E-state index is 5.79. The molecule has 0 aliphatic rings. The van der Waals surface area contributed by atoms with Crippen molar-refractivity contribution in [1.29, 1.82) is 0 Å². The van der Waals surface area contributed by atoms with Gasteiger partial charge in [-0.1, -0.05) is 11.6 Å². The van der Waals surface area contributed by atoms with Gasteiger partial charge in [-0.25, -0.2) is 15.8 Å². The molecule has 2 aromatic rings. The van der Waals surface area contributed by atoms with Crippen LogP contribution in [0.15, 0.2) is 30.6 Å². The SMILES string of the molecule is Cc1c(NN)ncnc1Oc1ccc(Cl)cc1. The standard InChI is InChI=1S/C11H11ClN4O/c1-7-10(16-13)14-6-15-11(7)17-9-4-2-8(12)3-5-9/h2-6H,13H2,1H3,(H,14,15,16). The Morgan fingerprint density at radius 1 is 1.24 bits per heavy atom.